The number of rotatable bonds is 4. The first-order chi connectivity index (χ1) is 14.8. The van der Waals surface area contributed by atoms with Gasteiger partial charge in [0.25, 0.3) is 0 Å². The van der Waals surface area contributed by atoms with Crippen LogP contribution in [0.2, 0.25) is 0 Å². The van der Waals surface area contributed by atoms with Crippen molar-refractivity contribution in [2.24, 2.45) is 0 Å². The van der Waals surface area contributed by atoms with E-state index in [2.05, 4.69) is 31.9 Å². The summed E-state index contributed by atoms with van der Waals surface area (Å²) in [5.74, 6) is 1.77. The molecule has 8 heteroatoms. The summed E-state index contributed by atoms with van der Waals surface area (Å²) in [6, 6.07) is 3.02. The van der Waals surface area contributed by atoms with Crippen LogP contribution in [-0.4, -0.2) is 70.3 Å². The zero-order valence-corrected chi connectivity index (χ0v) is 17.4. The smallest absolute Gasteiger partial charge is 0.225 e. The maximum atomic E-state index is 5.47. The Kier molecular flexibility index (Phi) is 4.76. The number of anilines is 2. The molecule has 6 heterocycles. The summed E-state index contributed by atoms with van der Waals surface area (Å²) in [7, 11) is 0. The second-order valence-electron chi connectivity index (χ2n) is 8.84. The summed E-state index contributed by atoms with van der Waals surface area (Å²) in [6.07, 6.45) is 9.91. The molecule has 2 aromatic heterocycles. The van der Waals surface area contributed by atoms with E-state index in [-0.39, 0.29) is 0 Å². The molecule has 2 aromatic rings. The van der Waals surface area contributed by atoms with Crippen molar-refractivity contribution in [1.29, 1.82) is 0 Å². The molecular weight excluding hydrogens is 378 g/mol. The summed E-state index contributed by atoms with van der Waals surface area (Å²) in [5, 5.41) is 0. The van der Waals surface area contributed by atoms with E-state index in [4.69, 9.17) is 19.7 Å². The summed E-state index contributed by atoms with van der Waals surface area (Å²) in [6.45, 7) is 6.32. The Morgan fingerprint density at radius 2 is 1.73 bits per heavy atom. The molecule has 2 bridgehead atoms. The zero-order valence-electron chi connectivity index (χ0n) is 17.4. The number of hydrogen-bond donors (Lipinski definition) is 0. The first kappa shape index (κ1) is 18.4. The van der Waals surface area contributed by atoms with Gasteiger partial charge >= 0.3 is 0 Å². The molecule has 0 saturated carbocycles. The van der Waals surface area contributed by atoms with Crippen LogP contribution in [0, 0.1) is 0 Å². The van der Waals surface area contributed by atoms with Gasteiger partial charge in [0.2, 0.25) is 11.9 Å². The van der Waals surface area contributed by atoms with Gasteiger partial charge in [-0.3, -0.25) is 4.90 Å². The molecule has 3 saturated heterocycles. The minimum Gasteiger partial charge on any atom is -0.378 e. The fourth-order valence-corrected chi connectivity index (χ4v) is 5.45. The van der Waals surface area contributed by atoms with E-state index in [1.807, 2.05) is 6.20 Å². The zero-order chi connectivity index (χ0) is 19.9. The van der Waals surface area contributed by atoms with Crippen LogP contribution in [0.5, 0.6) is 0 Å². The van der Waals surface area contributed by atoms with Gasteiger partial charge in [0, 0.05) is 69.2 Å². The Hall–Kier alpha value is -2.32. The van der Waals surface area contributed by atoms with Crippen molar-refractivity contribution in [3.05, 3.63) is 35.4 Å². The molecule has 158 valence electrons. The highest BCUT2D eigenvalue weighted by Crippen LogP contribution is 2.44. The lowest BCUT2D eigenvalue weighted by Crippen LogP contribution is -2.40. The van der Waals surface area contributed by atoms with Gasteiger partial charge in [0.05, 0.1) is 24.6 Å². The second-order valence-corrected chi connectivity index (χ2v) is 8.84. The van der Waals surface area contributed by atoms with Crippen molar-refractivity contribution in [3.8, 4) is 0 Å². The molecule has 0 aliphatic carbocycles. The van der Waals surface area contributed by atoms with Crippen molar-refractivity contribution >= 4 is 11.9 Å². The Balaban J connectivity index is 1.22. The average Bonchev–Trinajstić information content (AvgIpc) is 3.42. The van der Waals surface area contributed by atoms with Crippen LogP contribution in [0.1, 0.15) is 48.7 Å². The average molecular weight is 408 g/mol. The third-order valence-corrected chi connectivity index (χ3v) is 7.05. The summed E-state index contributed by atoms with van der Waals surface area (Å²) in [5.41, 5.74) is 3.68. The number of fused-ring (bicyclic) bond motifs is 4. The number of hydrogen-bond acceptors (Lipinski definition) is 8. The fraction of sp³-hybridized carbons (Fsp3) is 0.636. The molecule has 8 nitrogen and oxygen atoms in total. The molecule has 0 amide bonds. The molecule has 0 spiro atoms. The number of nitrogens with zero attached hydrogens (tertiary/aromatic N) is 7. The minimum absolute atomic E-state index is 0.405. The van der Waals surface area contributed by atoms with Gasteiger partial charge in [-0.05, 0) is 31.7 Å². The summed E-state index contributed by atoms with van der Waals surface area (Å²) >= 11 is 0. The highest BCUT2D eigenvalue weighted by Gasteiger charge is 2.41. The standard InChI is InChI=1S/C22H29N7O/c1-2-8-27(7-1)21-23-6-5-16(25-21)15-29-17-3-4-20(29)18-14-24-22(26-19(18)13-17)28-9-11-30-12-10-28/h5-6,14,17,20H,1-4,7-13,15H2/t17-,20-/m1/s1. The Labute approximate surface area is 177 Å². The van der Waals surface area contributed by atoms with E-state index in [9.17, 15) is 0 Å². The quantitative estimate of drug-likeness (QED) is 0.762. The Bertz CT molecular complexity index is 910. The maximum Gasteiger partial charge on any atom is 0.225 e. The largest absolute Gasteiger partial charge is 0.378 e. The molecule has 30 heavy (non-hydrogen) atoms. The number of ether oxygens (including phenoxy) is 1. The minimum atomic E-state index is 0.405. The first-order valence-electron chi connectivity index (χ1n) is 11.4. The third-order valence-electron chi connectivity index (χ3n) is 7.05. The van der Waals surface area contributed by atoms with E-state index in [0.717, 1.165) is 69.9 Å². The van der Waals surface area contributed by atoms with Crippen LogP contribution in [0.15, 0.2) is 18.5 Å². The highest BCUT2D eigenvalue weighted by molar-refractivity contribution is 5.38. The maximum absolute atomic E-state index is 5.47. The predicted molar refractivity (Wildman–Crippen MR) is 114 cm³/mol. The van der Waals surface area contributed by atoms with Crippen molar-refractivity contribution in [2.75, 3.05) is 49.2 Å². The predicted octanol–water partition coefficient (Wildman–Crippen LogP) is 1.97. The number of aromatic nitrogens is 4. The monoisotopic (exact) mass is 407 g/mol. The first-order valence-corrected chi connectivity index (χ1v) is 11.4. The van der Waals surface area contributed by atoms with Crippen LogP contribution in [0.4, 0.5) is 11.9 Å². The molecule has 0 N–H and O–H groups in total. The third kappa shape index (κ3) is 3.32. The Morgan fingerprint density at radius 1 is 0.933 bits per heavy atom. The molecule has 0 unspecified atom stereocenters. The van der Waals surface area contributed by atoms with Crippen LogP contribution < -0.4 is 9.80 Å². The van der Waals surface area contributed by atoms with E-state index in [0.29, 0.717) is 12.1 Å². The second kappa shape index (κ2) is 7.74. The van der Waals surface area contributed by atoms with Gasteiger partial charge in [-0.15, -0.1) is 0 Å². The van der Waals surface area contributed by atoms with Gasteiger partial charge < -0.3 is 14.5 Å². The van der Waals surface area contributed by atoms with Crippen molar-refractivity contribution in [2.45, 2.75) is 50.7 Å². The molecule has 6 rings (SSSR count). The lowest BCUT2D eigenvalue weighted by atomic mass is 9.99. The lowest BCUT2D eigenvalue weighted by Gasteiger charge is -2.36. The van der Waals surface area contributed by atoms with Gasteiger partial charge in [-0.25, -0.2) is 19.9 Å². The SMILES string of the molecule is c1cc(CN2[C@@H]3CC[C@@H]2c2cnc(N4CCOCC4)nc2C3)nc(N2CCCC2)n1. The van der Waals surface area contributed by atoms with Gasteiger partial charge in [-0.1, -0.05) is 0 Å². The van der Waals surface area contributed by atoms with E-state index >= 15 is 0 Å². The Morgan fingerprint density at radius 3 is 2.60 bits per heavy atom. The molecule has 2 atom stereocenters. The summed E-state index contributed by atoms with van der Waals surface area (Å²) < 4.78 is 5.47. The fourth-order valence-electron chi connectivity index (χ4n) is 5.45. The molecule has 3 fully saturated rings. The van der Waals surface area contributed by atoms with Crippen molar-refractivity contribution in [1.82, 2.24) is 24.8 Å². The van der Waals surface area contributed by atoms with Gasteiger partial charge in [0.15, 0.2) is 0 Å². The normalized spacial score (nSPS) is 26.3. The van der Waals surface area contributed by atoms with E-state index < -0.39 is 0 Å². The molecular formula is C22H29N7O. The van der Waals surface area contributed by atoms with Crippen LogP contribution >= 0.6 is 0 Å². The van der Waals surface area contributed by atoms with Gasteiger partial charge in [-0.2, -0.15) is 0 Å². The van der Waals surface area contributed by atoms with Crippen molar-refractivity contribution < 1.29 is 4.74 Å². The molecule has 0 radical (unpaired) electrons. The van der Waals surface area contributed by atoms with Crippen LogP contribution in [-0.2, 0) is 17.7 Å². The van der Waals surface area contributed by atoms with E-state index in [1.165, 1.54) is 36.9 Å². The molecule has 0 aromatic carbocycles. The van der Waals surface area contributed by atoms with Gasteiger partial charge in [0.1, 0.15) is 0 Å². The van der Waals surface area contributed by atoms with E-state index in [1.54, 1.807) is 0 Å². The number of morpholine rings is 1. The lowest BCUT2D eigenvalue weighted by molar-refractivity contribution is 0.122. The highest BCUT2D eigenvalue weighted by atomic mass is 16.5. The summed E-state index contributed by atoms with van der Waals surface area (Å²) in [4.78, 5) is 26.3. The topological polar surface area (TPSA) is 70.5 Å². The van der Waals surface area contributed by atoms with Crippen LogP contribution in [0.25, 0.3) is 0 Å². The van der Waals surface area contributed by atoms with Crippen molar-refractivity contribution in [3.63, 3.8) is 0 Å². The molecule has 4 aliphatic heterocycles. The molecule has 4 aliphatic rings. The van der Waals surface area contributed by atoms with Crippen LogP contribution in [0.3, 0.4) is 0 Å².